The van der Waals surface area contributed by atoms with Crippen LogP contribution in [0.25, 0.3) is 0 Å². The number of piperidine rings is 1. The monoisotopic (exact) mass is 184 g/mol. The molecule has 13 heavy (non-hydrogen) atoms. The Labute approximate surface area is 77.7 Å². The first-order valence-corrected chi connectivity index (χ1v) is 4.86. The van der Waals surface area contributed by atoms with Gasteiger partial charge in [-0.15, -0.1) is 0 Å². The van der Waals surface area contributed by atoms with Crippen LogP contribution in [0.1, 0.15) is 19.3 Å². The number of hydrogen-bond donors (Lipinski definition) is 2. The summed E-state index contributed by atoms with van der Waals surface area (Å²) in [5.74, 6) is 0.670. The smallest absolute Gasteiger partial charge is 0.407 e. The van der Waals surface area contributed by atoms with Gasteiger partial charge in [0.25, 0.3) is 0 Å². The number of amides is 1. The van der Waals surface area contributed by atoms with Crippen LogP contribution in [0.5, 0.6) is 0 Å². The fourth-order valence-corrected chi connectivity index (χ4v) is 2.52. The second-order valence-corrected chi connectivity index (χ2v) is 4.27. The average molecular weight is 184 g/mol. The average Bonchev–Trinajstić information content (AvgIpc) is 2.80. The summed E-state index contributed by atoms with van der Waals surface area (Å²) in [7, 11) is 0. The van der Waals surface area contributed by atoms with Gasteiger partial charge in [0.05, 0.1) is 0 Å². The van der Waals surface area contributed by atoms with E-state index in [-0.39, 0.29) is 0 Å². The molecule has 74 valence electrons. The third-order valence-electron chi connectivity index (χ3n) is 3.67. The van der Waals surface area contributed by atoms with Crippen molar-refractivity contribution in [2.75, 3.05) is 19.6 Å². The summed E-state index contributed by atoms with van der Waals surface area (Å²) in [5.41, 5.74) is 6.04. The minimum absolute atomic E-state index is 0.431. The fraction of sp³-hybridized carbons (Fsp3) is 0.889. The maximum atomic E-state index is 10.6. The molecule has 0 aromatic carbocycles. The van der Waals surface area contributed by atoms with Crippen LogP contribution in [-0.4, -0.2) is 35.7 Å². The highest BCUT2D eigenvalue weighted by molar-refractivity contribution is 5.65. The molecule has 4 nitrogen and oxygen atoms in total. The molecule has 1 atom stereocenters. The van der Waals surface area contributed by atoms with Crippen LogP contribution in [0.2, 0.25) is 0 Å². The number of carbonyl (C=O) groups is 1. The molecule has 1 aliphatic heterocycles. The molecule has 0 bridgehead atoms. The maximum absolute atomic E-state index is 10.6. The van der Waals surface area contributed by atoms with Gasteiger partial charge in [-0.3, -0.25) is 0 Å². The molecule has 0 radical (unpaired) electrons. The van der Waals surface area contributed by atoms with Crippen molar-refractivity contribution in [3.63, 3.8) is 0 Å². The molecular weight excluding hydrogens is 168 g/mol. The summed E-state index contributed by atoms with van der Waals surface area (Å²) < 4.78 is 0. The molecule has 2 fully saturated rings. The van der Waals surface area contributed by atoms with E-state index in [1.807, 2.05) is 0 Å². The standard InChI is InChI=1S/C9H16N2O2/c10-6-7-5-9(7)1-3-11(4-2-9)8(12)13/h7H,1-6,10H2,(H,12,13)/t7-/m1/s1. The summed E-state index contributed by atoms with van der Waals surface area (Å²) in [5, 5.41) is 8.75. The SMILES string of the molecule is NC[C@H]1CC12CCN(C(=O)O)CC2. The van der Waals surface area contributed by atoms with Gasteiger partial charge in [0.15, 0.2) is 0 Å². The predicted octanol–water partition coefficient (Wildman–Crippen LogP) is 0.725. The summed E-state index contributed by atoms with van der Waals surface area (Å²) >= 11 is 0. The van der Waals surface area contributed by atoms with Gasteiger partial charge in [-0.2, -0.15) is 0 Å². The molecule has 0 unspecified atom stereocenters. The minimum atomic E-state index is -0.778. The van der Waals surface area contributed by atoms with Gasteiger partial charge in [-0.05, 0) is 37.1 Å². The minimum Gasteiger partial charge on any atom is -0.465 e. The molecule has 1 saturated heterocycles. The Kier molecular flexibility index (Phi) is 1.95. The zero-order valence-electron chi connectivity index (χ0n) is 7.70. The molecule has 1 spiro atoms. The van der Waals surface area contributed by atoms with E-state index in [4.69, 9.17) is 10.8 Å². The summed E-state index contributed by atoms with van der Waals surface area (Å²) in [6.07, 6.45) is 2.47. The lowest BCUT2D eigenvalue weighted by Crippen LogP contribution is -2.39. The van der Waals surface area contributed by atoms with Gasteiger partial charge in [-0.25, -0.2) is 4.79 Å². The van der Waals surface area contributed by atoms with E-state index >= 15 is 0 Å². The third kappa shape index (κ3) is 1.39. The van der Waals surface area contributed by atoms with Crippen molar-refractivity contribution in [3.8, 4) is 0 Å². The fourth-order valence-electron chi connectivity index (χ4n) is 2.52. The Morgan fingerprint density at radius 1 is 1.54 bits per heavy atom. The Hall–Kier alpha value is -0.770. The van der Waals surface area contributed by atoms with Gasteiger partial charge in [0, 0.05) is 13.1 Å². The Bertz CT molecular complexity index is 222. The molecule has 1 saturated carbocycles. The molecule has 0 aromatic rings. The van der Waals surface area contributed by atoms with E-state index in [9.17, 15) is 4.79 Å². The number of likely N-dealkylation sites (tertiary alicyclic amines) is 1. The second-order valence-electron chi connectivity index (χ2n) is 4.27. The maximum Gasteiger partial charge on any atom is 0.407 e. The van der Waals surface area contributed by atoms with Crippen molar-refractivity contribution >= 4 is 6.09 Å². The third-order valence-corrected chi connectivity index (χ3v) is 3.67. The summed E-state index contributed by atoms with van der Waals surface area (Å²) in [6, 6.07) is 0. The molecular formula is C9H16N2O2. The van der Waals surface area contributed by atoms with Crippen LogP contribution in [0.4, 0.5) is 4.79 Å². The molecule has 1 amide bonds. The first-order chi connectivity index (χ1) is 6.18. The van der Waals surface area contributed by atoms with E-state index in [1.54, 1.807) is 0 Å². The molecule has 4 heteroatoms. The van der Waals surface area contributed by atoms with Gasteiger partial charge < -0.3 is 15.7 Å². The zero-order valence-corrected chi connectivity index (χ0v) is 7.70. The van der Waals surface area contributed by atoms with Crippen LogP contribution in [0.3, 0.4) is 0 Å². The Morgan fingerprint density at radius 2 is 2.15 bits per heavy atom. The van der Waals surface area contributed by atoms with E-state index < -0.39 is 6.09 Å². The Balaban J connectivity index is 1.87. The Morgan fingerprint density at radius 3 is 2.54 bits per heavy atom. The molecule has 1 aliphatic carbocycles. The number of hydrogen-bond acceptors (Lipinski definition) is 2. The van der Waals surface area contributed by atoms with Crippen LogP contribution in [0, 0.1) is 11.3 Å². The summed E-state index contributed by atoms with van der Waals surface area (Å²) in [4.78, 5) is 12.1. The van der Waals surface area contributed by atoms with Crippen LogP contribution >= 0.6 is 0 Å². The molecule has 1 heterocycles. The quantitative estimate of drug-likeness (QED) is 0.631. The van der Waals surface area contributed by atoms with Gasteiger partial charge in [-0.1, -0.05) is 0 Å². The first-order valence-electron chi connectivity index (χ1n) is 4.86. The zero-order chi connectivity index (χ0) is 9.47. The highest BCUT2D eigenvalue weighted by atomic mass is 16.4. The molecule has 2 aliphatic rings. The van der Waals surface area contributed by atoms with E-state index in [0.717, 1.165) is 19.4 Å². The van der Waals surface area contributed by atoms with Crippen LogP contribution in [-0.2, 0) is 0 Å². The highest BCUT2D eigenvalue weighted by Gasteiger charge is 2.54. The molecule has 0 aromatic heterocycles. The first kappa shape index (κ1) is 8.81. The molecule has 3 N–H and O–H groups in total. The van der Waals surface area contributed by atoms with Crippen molar-refractivity contribution in [1.29, 1.82) is 0 Å². The van der Waals surface area contributed by atoms with Gasteiger partial charge in [0.2, 0.25) is 0 Å². The highest BCUT2D eigenvalue weighted by Crippen LogP contribution is 2.58. The van der Waals surface area contributed by atoms with E-state index in [0.29, 0.717) is 24.4 Å². The van der Waals surface area contributed by atoms with E-state index in [2.05, 4.69) is 0 Å². The summed E-state index contributed by atoms with van der Waals surface area (Å²) in [6.45, 7) is 2.17. The lowest BCUT2D eigenvalue weighted by Gasteiger charge is -2.30. The van der Waals surface area contributed by atoms with Crippen molar-refractivity contribution in [2.24, 2.45) is 17.1 Å². The van der Waals surface area contributed by atoms with Crippen molar-refractivity contribution < 1.29 is 9.90 Å². The van der Waals surface area contributed by atoms with Crippen LogP contribution < -0.4 is 5.73 Å². The number of nitrogens with zero attached hydrogens (tertiary/aromatic N) is 1. The lowest BCUT2D eigenvalue weighted by atomic mass is 9.91. The number of rotatable bonds is 1. The number of carboxylic acid groups (broad SMARTS) is 1. The predicted molar refractivity (Wildman–Crippen MR) is 48.4 cm³/mol. The van der Waals surface area contributed by atoms with Crippen molar-refractivity contribution in [3.05, 3.63) is 0 Å². The topological polar surface area (TPSA) is 66.6 Å². The van der Waals surface area contributed by atoms with Gasteiger partial charge in [0.1, 0.15) is 0 Å². The van der Waals surface area contributed by atoms with E-state index in [1.165, 1.54) is 11.3 Å². The van der Waals surface area contributed by atoms with Crippen molar-refractivity contribution in [1.82, 2.24) is 4.90 Å². The van der Waals surface area contributed by atoms with Crippen LogP contribution in [0.15, 0.2) is 0 Å². The normalized spacial score (nSPS) is 30.5. The molecule has 2 rings (SSSR count). The number of nitrogens with two attached hydrogens (primary N) is 1. The largest absolute Gasteiger partial charge is 0.465 e. The van der Waals surface area contributed by atoms with Crippen molar-refractivity contribution in [2.45, 2.75) is 19.3 Å². The lowest BCUT2D eigenvalue weighted by molar-refractivity contribution is 0.117. The van der Waals surface area contributed by atoms with Gasteiger partial charge >= 0.3 is 6.09 Å². The second kappa shape index (κ2) is 2.87.